The predicted molar refractivity (Wildman–Crippen MR) is 81.9 cm³/mol. The van der Waals surface area contributed by atoms with Crippen LogP contribution in [-0.4, -0.2) is 76.4 Å². The highest BCUT2D eigenvalue weighted by molar-refractivity contribution is 5.76. The van der Waals surface area contributed by atoms with E-state index in [1.165, 1.54) is 0 Å². The number of esters is 1. The van der Waals surface area contributed by atoms with Gasteiger partial charge >= 0.3 is 5.97 Å². The molecule has 0 amide bonds. The van der Waals surface area contributed by atoms with Gasteiger partial charge in [0.15, 0.2) is 0 Å². The van der Waals surface area contributed by atoms with Crippen molar-refractivity contribution in [3.8, 4) is 0 Å². The summed E-state index contributed by atoms with van der Waals surface area (Å²) in [5, 5.41) is 0. The lowest BCUT2D eigenvalue weighted by atomic mass is 9.95. The molecular formula is C15H32N2O3. The summed E-state index contributed by atoms with van der Waals surface area (Å²) in [6.45, 7) is 8.30. The Morgan fingerprint density at radius 2 is 1.65 bits per heavy atom. The Hall–Kier alpha value is -0.650. The molecule has 0 aromatic carbocycles. The van der Waals surface area contributed by atoms with Gasteiger partial charge in [0, 0.05) is 6.54 Å². The summed E-state index contributed by atoms with van der Waals surface area (Å²) < 4.78 is 11.0. The molecule has 0 bridgehead atoms. The van der Waals surface area contributed by atoms with Gasteiger partial charge in [0.25, 0.3) is 0 Å². The number of carbonyl (C=O) groups is 1. The molecule has 0 aliphatic carbocycles. The Morgan fingerprint density at radius 1 is 1.10 bits per heavy atom. The molecule has 5 heteroatoms. The Morgan fingerprint density at radius 3 is 2.15 bits per heavy atom. The summed E-state index contributed by atoms with van der Waals surface area (Å²) >= 11 is 0. The van der Waals surface area contributed by atoms with Crippen molar-refractivity contribution in [2.24, 2.45) is 5.41 Å². The van der Waals surface area contributed by atoms with E-state index in [0.717, 1.165) is 19.5 Å². The van der Waals surface area contributed by atoms with Crippen molar-refractivity contribution < 1.29 is 14.3 Å². The van der Waals surface area contributed by atoms with E-state index in [-0.39, 0.29) is 12.1 Å². The highest BCUT2D eigenvalue weighted by atomic mass is 16.5. The number of nitrogens with zero attached hydrogens (tertiary/aromatic N) is 2. The van der Waals surface area contributed by atoms with Crippen LogP contribution in [0.15, 0.2) is 0 Å². The van der Waals surface area contributed by atoms with Crippen LogP contribution >= 0.6 is 0 Å². The maximum Gasteiger partial charge on any atom is 0.313 e. The van der Waals surface area contributed by atoms with Crippen molar-refractivity contribution >= 4 is 5.97 Å². The topological polar surface area (TPSA) is 42.0 Å². The van der Waals surface area contributed by atoms with Gasteiger partial charge < -0.3 is 19.3 Å². The summed E-state index contributed by atoms with van der Waals surface area (Å²) in [5.74, 6) is -0.195. The molecule has 0 saturated carbocycles. The van der Waals surface area contributed by atoms with Gasteiger partial charge in [-0.3, -0.25) is 4.79 Å². The Kier molecular flexibility index (Phi) is 9.01. The Labute approximate surface area is 124 Å². The molecule has 0 spiro atoms. The number of hydrogen-bond donors (Lipinski definition) is 0. The maximum absolute atomic E-state index is 12.0. The first-order valence-electron chi connectivity index (χ1n) is 7.23. The fourth-order valence-corrected chi connectivity index (χ4v) is 1.45. The second-order valence-electron chi connectivity index (χ2n) is 6.54. The molecule has 120 valence electrons. The molecule has 1 unspecified atom stereocenters. The number of rotatable bonds is 10. The largest absolute Gasteiger partial charge is 0.464 e. The van der Waals surface area contributed by atoms with Gasteiger partial charge in [0.1, 0.15) is 6.61 Å². The SMILES string of the molecule is CC(CCN(C)C)OCC(C)(C)C(=O)OCCN(C)C. The fourth-order valence-electron chi connectivity index (χ4n) is 1.45. The quantitative estimate of drug-likeness (QED) is 0.570. The first-order valence-corrected chi connectivity index (χ1v) is 7.23. The molecule has 0 fully saturated rings. The average Bonchev–Trinajstić information content (AvgIpc) is 2.33. The lowest BCUT2D eigenvalue weighted by Crippen LogP contribution is -2.35. The first-order chi connectivity index (χ1) is 9.15. The van der Waals surface area contributed by atoms with Gasteiger partial charge in [-0.05, 0) is 61.9 Å². The third kappa shape index (κ3) is 9.28. The average molecular weight is 288 g/mol. The van der Waals surface area contributed by atoms with Crippen LogP contribution in [0.2, 0.25) is 0 Å². The van der Waals surface area contributed by atoms with Crippen LogP contribution in [0.5, 0.6) is 0 Å². The van der Waals surface area contributed by atoms with Crippen LogP contribution < -0.4 is 0 Å². The van der Waals surface area contributed by atoms with E-state index in [2.05, 4.69) is 4.90 Å². The van der Waals surface area contributed by atoms with Crippen molar-refractivity contribution in [3.05, 3.63) is 0 Å². The molecule has 5 nitrogen and oxygen atoms in total. The van der Waals surface area contributed by atoms with Crippen LogP contribution in [0.3, 0.4) is 0 Å². The van der Waals surface area contributed by atoms with Gasteiger partial charge in [0.2, 0.25) is 0 Å². The van der Waals surface area contributed by atoms with Crippen molar-refractivity contribution in [2.45, 2.75) is 33.3 Å². The lowest BCUT2D eigenvalue weighted by molar-refractivity contribution is -0.158. The smallest absolute Gasteiger partial charge is 0.313 e. The minimum Gasteiger partial charge on any atom is -0.464 e. The van der Waals surface area contributed by atoms with E-state index >= 15 is 0 Å². The number of hydrogen-bond acceptors (Lipinski definition) is 5. The van der Waals surface area contributed by atoms with Crippen molar-refractivity contribution in [1.82, 2.24) is 9.80 Å². The zero-order valence-corrected chi connectivity index (χ0v) is 14.2. The van der Waals surface area contributed by atoms with Gasteiger partial charge in [-0.2, -0.15) is 0 Å². The minimum atomic E-state index is -0.599. The van der Waals surface area contributed by atoms with Crippen LogP contribution in [0.4, 0.5) is 0 Å². The van der Waals surface area contributed by atoms with Gasteiger partial charge in [0.05, 0.1) is 18.1 Å². The molecule has 0 saturated heterocycles. The van der Waals surface area contributed by atoms with E-state index in [0.29, 0.717) is 13.2 Å². The Balaban J connectivity index is 4.00. The molecular weight excluding hydrogens is 256 g/mol. The van der Waals surface area contributed by atoms with E-state index in [9.17, 15) is 4.79 Å². The van der Waals surface area contributed by atoms with E-state index < -0.39 is 5.41 Å². The maximum atomic E-state index is 12.0. The number of carbonyl (C=O) groups excluding carboxylic acids is 1. The zero-order valence-electron chi connectivity index (χ0n) is 14.2. The highest BCUT2D eigenvalue weighted by Crippen LogP contribution is 2.19. The Bertz CT molecular complexity index is 278. The first kappa shape index (κ1) is 19.4. The second-order valence-corrected chi connectivity index (χ2v) is 6.54. The highest BCUT2D eigenvalue weighted by Gasteiger charge is 2.30. The molecule has 0 radical (unpaired) electrons. The number of likely N-dealkylation sites (N-methyl/N-ethyl adjacent to an activating group) is 1. The molecule has 0 aliphatic heterocycles. The second kappa shape index (κ2) is 9.32. The van der Waals surface area contributed by atoms with Gasteiger partial charge in [-0.15, -0.1) is 0 Å². The minimum absolute atomic E-state index is 0.145. The molecule has 0 heterocycles. The van der Waals surface area contributed by atoms with Gasteiger partial charge in [-0.1, -0.05) is 0 Å². The van der Waals surface area contributed by atoms with Crippen molar-refractivity contribution in [2.75, 3.05) is 54.5 Å². The van der Waals surface area contributed by atoms with Crippen LogP contribution in [-0.2, 0) is 14.3 Å². The monoisotopic (exact) mass is 288 g/mol. The van der Waals surface area contributed by atoms with Crippen LogP contribution in [0.25, 0.3) is 0 Å². The molecule has 20 heavy (non-hydrogen) atoms. The molecule has 0 aromatic heterocycles. The van der Waals surface area contributed by atoms with E-state index in [4.69, 9.17) is 9.47 Å². The lowest BCUT2D eigenvalue weighted by Gasteiger charge is -2.25. The fraction of sp³-hybridized carbons (Fsp3) is 0.933. The molecule has 0 rings (SSSR count). The van der Waals surface area contributed by atoms with E-state index in [1.807, 2.05) is 53.9 Å². The summed E-state index contributed by atoms with van der Waals surface area (Å²) in [6.07, 6.45) is 1.10. The third-order valence-corrected chi connectivity index (χ3v) is 3.04. The predicted octanol–water partition coefficient (Wildman–Crippen LogP) is 1.47. The summed E-state index contributed by atoms with van der Waals surface area (Å²) in [6, 6.07) is 0. The van der Waals surface area contributed by atoms with Crippen molar-refractivity contribution in [1.29, 1.82) is 0 Å². The summed E-state index contributed by atoms with van der Waals surface area (Å²) in [4.78, 5) is 16.1. The third-order valence-electron chi connectivity index (χ3n) is 3.04. The van der Waals surface area contributed by atoms with Gasteiger partial charge in [-0.25, -0.2) is 0 Å². The number of ether oxygens (including phenoxy) is 2. The molecule has 1 atom stereocenters. The normalized spacial score (nSPS) is 13.8. The zero-order chi connectivity index (χ0) is 15.8. The molecule has 0 aromatic rings. The summed E-state index contributed by atoms with van der Waals surface area (Å²) in [5.41, 5.74) is -0.599. The molecule has 0 N–H and O–H groups in total. The summed E-state index contributed by atoms with van der Waals surface area (Å²) in [7, 11) is 7.99. The standard InChI is InChI=1S/C15H32N2O3/c1-13(8-9-16(4)5)20-12-15(2,3)14(18)19-11-10-17(6)7/h13H,8-12H2,1-7H3. The van der Waals surface area contributed by atoms with Crippen LogP contribution in [0.1, 0.15) is 27.2 Å². The van der Waals surface area contributed by atoms with Crippen LogP contribution in [0, 0.1) is 5.41 Å². The van der Waals surface area contributed by atoms with Crippen molar-refractivity contribution in [3.63, 3.8) is 0 Å². The molecule has 0 aliphatic rings. The van der Waals surface area contributed by atoms with E-state index in [1.54, 1.807) is 0 Å².